The quantitative estimate of drug-likeness (QED) is 0.331. The number of halogens is 1. The summed E-state index contributed by atoms with van der Waals surface area (Å²) in [6.45, 7) is 0.687. The predicted molar refractivity (Wildman–Crippen MR) is 114 cm³/mol. The third-order valence-corrected chi connectivity index (χ3v) is 7.57. The minimum atomic E-state index is -0.0340. The summed E-state index contributed by atoms with van der Waals surface area (Å²) in [5.41, 5.74) is 1.44. The van der Waals surface area contributed by atoms with Gasteiger partial charge in [-0.05, 0) is 0 Å². The number of hydrogen-bond donors (Lipinski definition) is 1. The zero-order valence-electron chi connectivity index (χ0n) is 15.6. The number of benzene rings is 1. The van der Waals surface area contributed by atoms with Crippen molar-refractivity contribution in [2.45, 2.75) is 43.5 Å². The number of amides is 1. The molecule has 7 heteroatoms. The first-order valence-corrected chi connectivity index (χ1v) is 12.2. The number of fused-ring (bicyclic) bond motifs is 1. The molecule has 4 rings (SSSR count). The van der Waals surface area contributed by atoms with E-state index in [-0.39, 0.29) is 11.2 Å². The Balaban J connectivity index is 1.42. The first kappa shape index (κ1) is 19.4. The summed E-state index contributed by atoms with van der Waals surface area (Å²) in [5, 5.41) is 5.30. The molecule has 0 spiro atoms. The molecular formula is C21H23ClN4OSe. The second kappa shape index (κ2) is 9.08. The summed E-state index contributed by atoms with van der Waals surface area (Å²) in [7, 11) is 0. The van der Waals surface area contributed by atoms with Gasteiger partial charge in [0.15, 0.2) is 0 Å². The van der Waals surface area contributed by atoms with Crippen molar-refractivity contribution in [3.05, 3.63) is 53.6 Å². The normalized spacial score (nSPS) is 14.6. The van der Waals surface area contributed by atoms with Gasteiger partial charge in [0.05, 0.1) is 0 Å². The number of hydrogen-bond acceptors (Lipinski definition) is 3. The van der Waals surface area contributed by atoms with Crippen LogP contribution in [0, 0.1) is 0 Å². The zero-order valence-corrected chi connectivity index (χ0v) is 18.1. The predicted octanol–water partition coefficient (Wildman–Crippen LogP) is 3.77. The molecule has 0 unspecified atom stereocenters. The summed E-state index contributed by atoms with van der Waals surface area (Å²) in [5.74, 6) is -0.0340. The molecule has 1 aliphatic rings. The second-order valence-electron chi connectivity index (χ2n) is 7.03. The van der Waals surface area contributed by atoms with Gasteiger partial charge in [-0.25, -0.2) is 0 Å². The van der Waals surface area contributed by atoms with Crippen molar-refractivity contribution >= 4 is 48.0 Å². The first-order valence-electron chi connectivity index (χ1n) is 9.72. The number of carbonyl (C=O) groups is 1. The van der Waals surface area contributed by atoms with Crippen LogP contribution >= 0.6 is 11.6 Å². The van der Waals surface area contributed by atoms with Crippen LogP contribution in [0.3, 0.4) is 0 Å². The van der Waals surface area contributed by atoms with E-state index >= 15 is 0 Å². The fourth-order valence-electron chi connectivity index (χ4n) is 3.77. The van der Waals surface area contributed by atoms with E-state index in [1.54, 1.807) is 6.20 Å². The summed E-state index contributed by atoms with van der Waals surface area (Å²) in [6, 6.07) is 12.8. The van der Waals surface area contributed by atoms with Gasteiger partial charge in [-0.3, -0.25) is 0 Å². The molecule has 146 valence electrons. The average molecular weight is 462 g/mol. The average Bonchev–Trinajstić information content (AvgIpc) is 3.35. The fourth-order valence-corrected chi connectivity index (χ4v) is 5.73. The van der Waals surface area contributed by atoms with Gasteiger partial charge in [0, 0.05) is 0 Å². The van der Waals surface area contributed by atoms with E-state index in [0.717, 1.165) is 35.6 Å². The van der Waals surface area contributed by atoms with E-state index in [4.69, 9.17) is 11.6 Å². The molecule has 0 bridgehead atoms. The molecule has 3 aromatic rings. The van der Waals surface area contributed by atoms with Gasteiger partial charge >= 0.3 is 176 Å². The third kappa shape index (κ3) is 4.40. The monoisotopic (exact) mass is 462 g/mol. The van der Waals surface area contributed by atoms with Crippen molar-refractivity contribution < 1.29 is 4.79 Å². The number of nitrogens with zero attached hydrogens (tertiary/aromatic N) is 3. The van der Waals surface area contributed by atoms with Gasteiger partial charge in [-0.15, -0.1) is 0 Å². The topological polar surface area (TPSA) is 59.8 Å². The Kier molecular flexibility index (Phi) is 6.30. The number of nitrogens with one attached hydrogen (secondary N) is 1. The molecule has 2 aromatic heterocycles. The Morgan fingerprint density at radius 1 is 1.25 bits per heavy atom. The van der Waals surface area contributed by atoms with Crippen LogP contribution in [0.25, 0.3) is 11.0 Å². The SMILES string of the molecule is O=C(NCCC[Se]c1ccccc1)c1cc2cnc(Cl)nc2n1C1CCCC1. The van der Waals surface area contributed by atoms with E-state index in [9.17, 15) is 4.79 Å². The second-order valence-corrected chi connectivity index (χ2v) is 9.82. The Hall–Kier alpha value is -1.88. The molecule has 0 radical (unpaired) electrons. The Morgan fingerprint density at radius 3 is 2.82 bits per heavy atom. The Bertz CT molecular complexity index is 954. The van der Waals surface area contributed by atoms with Gasteiger partial charge in [0.1, 0.15) is 0 Å². The van der Waals surface area contributed by atoms with Crippen LogP contribution in [0.4, 0.5) is 0 Å². The van der Waals surface area contributed by atoms with E-state index in [2.05, 4.69) is 44.1 Å². The molecule has 1 aromatic carbocycles. The number of aromatic nitrogens is 3. The number of carbonyl (C=O) groups excluding carboxylic acids is 1. The van der Waals surface area contributed by atoms with Crippen LogP contribution in [0.2, 0.25) is 10.6 Å². The zero-order chi connectivity index (χ0) is 19.3. The summed E-state index contributed by atoms with van der Waals surface area (Å²) in [6.07, 6.45) is 7.21. The molecule has 5 nitrogen and oxygen atoms in total. The third-order valence-electron chi connectivity index (χ3n) is 5.09. The van der Waals surface area contributed by atoms with Gasteiger partial charge in [-0.2, -0.15) is 0 Å². The summed E-state index contributed by atoms with van der Waals surface area (Å²) >= 11 is 6.48. The van der Waals surface area contributed by atoms with E-state index in [0.29, 0.717) is 33.2 Å². The van der Waals surface area contributed by atoms with E-state index in [1.807, 2.05) is 12.1 Å². The van der Waals surface area contributed by atoms with Crippen LogP contribution in [0.5, 0.6) is 0 Å². The van der Waals surface area contributed by atoms with Crippen molar-refractivity contribution in [3.8, 4) is 0 Å². The molecule has 1 aliphatic carbocycles. The Labute approximate surface area is 176 Å². The molecule has 1 amide bonds. The maximum atomic E-state index is 12.9. The van der Waals surface area contributed by atoms with Crippen molar-refractivity contribution in [2.75, 3.05) is 6.54 Å². The van der Waals surface area contributed by atoms with Crippen LogP contribution in [-0.2, 0) is 0 Å². The molecule has 0 atom stereocenters. The van der Waals surface area contributed by atoms with E-state index in [1.165, 1.54) is 17.3 Å². The molecule has 1 N–H and O–H groups in total. The van der Waals surface area contributed by atoms with Crippen LogP contribution in [0.15, 0.2) is 42.6 Å². The van der Waals surface area contributed by atoms with Crippen molar-refractivity contribution in [2.24, 2.45) is 0 Å². The van der Waals surface area contributed by atoms with Gasteiger partial charge in [0.2, 0.25) is 0 Å². The minimum absolute atomic E-state index is 0.0340. The molecule has 0 aliphatic heterocycles. The van der Waals surface area contributed by atoms with Crippen LogP contribution < -0.4 is 9.78 Å². The first-order chi connectivity index (χ1) is 13.7. The number of rotatable bonds is 7. The maximum absolute atomic E-state index is 12.9. The molecular weight excluding hydrogens is 439 g/mol. The standard InChI is InChI=1S/C21H23ClN4OSe/c22-21-24-14-15-13-18(26(19(15)25-21)16-7-4-5-8-16)20(27)23-11-6-12-28-17-9-2-1-3-10-17/h1-3,9-10,13-14,16H,4-8,11-12H2,(H,23,27). The summed E-state index contributed by atoms with van der Waals surface area (Å²) < 4.78 is 3.48. The Morgan fingerprint density at radius 2 is 2.04 bits per heavy atom. The summed E-state index contributed by atoms with van der Waals surface area (Å²) in [4.78, 5) is 21.4. The van der Waals surface area contributed by atoms with Crippen molar-refractivity contribution in [1.29, 1.82) is 0 Å². The van der Waals surface area contributed by atoms with Crippen LogP contribution in [-0.4, -0.2) is 41.9 Å². The van der Waals surface area contributed by atoms with E-state index < -0.39 is 0 Å². The molecule has 0 saturated heterocycles. The van der Waals surface area contributed by atoms with Gasteiger partial charge in [-0.1, -0.05) is 0 Å². The van der Waals surface area contributed by atoms with Crippen molar-refractivity contribution in [3.63, 3.8) is 0 Å². The molecule has 1 saturated carbocycles. The van der Waals surface area contributed by atoms with Crippen molar-refractivity contribution in [1.82, 2.24) is 19.9 Å². The van der Waals surface area contributed by atoms with Gasteiger partial charge in [0.25, 0.3) is 0 Å². The molecule has 2 heterocycles. The molecule has 28 heavy (non-hydrogen) atoms. The van der Waals surface area contributed by atoms with Gasteiger partial charge < -0.3 is 0 Å². The molecule has 1 fully saturated rings. The fraction of sp³-hybridized carbons (Fsp3) is 0.381. The van der Waals surface area contributed by atoms with Crippen LogP contribution in [0.1, 0.15) is 48.6 Å².